The van der Waals surface area contributed by atoms with Crippen molar-refractivity contribution < 1.29 is 5.11 Å². The van der Waals surface area contributed by atoms with E-state index in [0.29, 0.717) is 5.92 Å². The molecule has 2 rings (SSSR count). The lowest BCUT2D eigenvalue weighted by molar-refractivity contribution is 0.281. The second-order valence-corrected chi connectivity index (χ2v) is 4.19. The summed E-state index contributed by atoms with van der Waals surface area (Å²) >= 11 is 0. The monoisotopic (exact) mass is 191 g/mol. The smallest absolute Gasteiger partial charge is 0.0696 e. The first-order valence-corrected chi connectivity index (χ1v) is 5.37. The molecule has 0 radical (unpaired) electrons. The van der Waals surface area contributed by atoms with Crippen LogP contribution in [0.4, 0.5) is 0 Å². The largest absolute Gasteiger partial charge is 0.392 e. The molecule has 0 spiro atoms. The van der Waals surface area contributed by atoms with Gasteiger partial charge in [0.2, 0.25) is 0 Å². The van der Waals surface area contributed by atoms with Crippen molar-refractivity contribution in [1.82, 2.24) is 4.98 Å². The molecule has 0 bridgehead atoms. The van der Waals surface area contributed by atoms with Crippen LogP contribution in [0.25, 0.3) is 0 Å². The Bertz CT molecular complexity index is 316. The summed E-state index contributed by atoms with van der Waals surface area (Å²) in [6.07, 6.45) is 7.06. The quantitative estimate of drug-likeness (QED) is 0.779. The highest BCUT2D eigenvalue weighted by atomic mass is 16.3. The Morgan fingerprint density at radius 2 is 2.14 bits per heavy atom. The van der Waals surface area contributed by atoms with E-state index in [1.807, 2.05) is 0 Å². The molecular weight excluding hydrogens is 174 g/mol. The molecule has 0 amide bonds. The highest BCUT2D eigenvalue weighted by Gasteiger charge is 2.19. The maximum Gasteiger partial charge on any atom is 0.0696 e. The van der Waals surface area contributed by atoms with Gasteiger partial charge in [-0.25, -0.2) is 0 Å². The zero-order valence-corrected chi connectivity index (χ0v) is 8.66. The van der Waals surface area contributed by atoms with Crippen molar-refractivity contribution in [1.29, 1.82) is 0 Å². The molecule has 1 aliphatic rings. The highest BCUT2D eigenvalue weighted by Crippen LogP contribution is 2.34. The van der Waals surface area contributed by atoms with Crippen LogP contribution in [-0.4, -0.2) is 10.1 Å². The zero-order chi connectivity index (χ0) is 9.97. The molecule has 1 aromatic rings. The summed E-state index contributed by atoms with van der Waals surface area (Å²) in [5.41, 5.74) is 3.41. The molecule has 1 fully saturated rings. The number of hydrogen-bond acceptors (Lipinski definition) is 2. The van der Waals surface area contributed by atoms with Gasteiger partial charge >= 0.3 is 0 Å². The molecule has 0 saturated heterocycles. The summed E-state index contributed by atoms with van der Waals surface area (Å²) in [7, 11) is 0. The number of rotatable bonds is 2. The van der Waals surface area contributed by atoms with Crippen LogP contribution >= 0.6 is 0 Å². The molecule has 0 aromatic carbocycles. The molecular formula is C12H17NO. The molecule has 76 valence electrons. The molecule has 1 saturated carbocycles. The van der Waals surface area contributed by atoms with Gasteiger partial charge in [0.25, 0.3) is 0 Å². The Balaban J connectivity index is 2.25. The number of hydrogen-bond donors (Lipinski definition) is 1. The van der Waals surface area contributed by atoms with Crippen molar-refractivity contribution in [3.63, 3.8) is 0 Å². The molecule has 1 heterocycles. The number of aliphatic hydroxyl groups excluding tert-OH is 1. The Morgan fingerprint density at radius 3 is 2.71 bits per heavy atom. The van der Waals surface area contributed by atoms with Gasteiger partial charge in [-0.15, -0.1) is 0 Å². The summed E-state index contributed by atoms with van der Waals surface area (Å²) in [4.78, 5) is 4.47. The first-order valence-electron chi connectivity index (χ1n) is 5.37. The van der Waals surface area contributed by atoms with Gasteiger partial charge in [-0.1, -0.05) is 18.9 Å². The Morgan fingerprint density at radius 1 is 1.43 bits per heavy atom. The van der Waals surface area contributed by atoms with Crippen LogP contribution in [0.5, 0.6) is 0 Å². The van der Waals surface area contributed by atoms with Crippen molar-refractivity contribution >= 4 is 0 Å². The second-order valence-electron chi connectivity index (χ2n) is 4.19. The van der Waals surface area contributed by atoms with Gasteiger partial charge in [0.1, 0.15) is 0 Å². The summed E-state index contributed by atoms with van der Waals surface area (Å²) in [6.45, 7) is 2.19. The normalized spacial score (nSPS) is 17.6. The van der Waals surface area contributed by atoms with E-state index in [0.717, 1.165) is 5.56 Å². The minimum absolute atomic E-state index is 0.0960. The third-order valence-corrected chi connectivity index (χ3v) is 3.10. The fourth-order valence-electron chi connectivity index (χ4n) is 2.36. The van der Waals surface area contributed by atoms with Crippen molar-refractivity contribution in [2.24, 2.45) is 0 Å². The Kier molecular flexibility index (Phi) is 2.82. The fraction of sp³-hybridized carbons (Fsp3) is 0.583. The lowest BCUT2D eigenvalue weighted by Gasteiger charge is -2.12. The maximum atomic E-state index is 8.98. The average Bonchev–Trinajstić information content (AvgIpc) is 2.70. The van der Waals surface area contributed by atoms with E-state index in [4.69, 9.17) is 5.11 Å². The lowest BCUT2D eigenvalue weighted by atomic mass is 9.98. The molecule has 0 aliphatic heterocycles. The van der Waals surface area contributed by atoms with Crippen molar-refractivity contribution in [3.8, 4) is 0 Å². The number of aryl methyl sites for hydroxylation is 1. The predicted octanol–water partition coefficient (Wildman–Crippen LogP) is 2.54. The second kappa shape index (κ2) is 4.09. The van der Waals surface area contributed by atoms with E-state index in [2.05, 4.69) is 18.0 Å². The van der Waals surface area contributed by atoms with E-state index >= 15 is 0 Å². The van der Waals surface area contributed by atoms with E-state index in [1.165, 1.54) is 36.9 Å². The maximum absolute atomic E-state index is 8.98. The zero-order valence-electron chi connectivity index (χ0n) is 8.66. The topological polar surface area (TPSA) is 33.1 Å². The third kappa shape index (κ3) is 1.80. The van der Waals surface area contributed by atoms with E-state index in [-0.39, 0.29) is 6.61 Å². The molecule has 2 heteroatoms. The standard InChI is InChI=1S/C12H17NO/c1-9-6-10(8-14)7-13-12(9)11-4-2-3-5-11/h6-7,11,14H,2-5,8H2,1H3. The first kappa shape index (κ1) is 9.66. The minimum Gasteiger partial charge on any atom is -0.392 e. The summed E-state index contributed by atoms with van der Waals surface area (Å²) < 4.78 is 0. The molecule has 0 atom stereocenters. The van der Waals surface area contributed by atoms with Crippen LogP contribution < -0.4 is 0 Å². The van der Waals surface area contributed by atoms with Gasteiger partial charge in [0.05, 0.1) is 6.61 Å². The van der Waals surface area contributed by atoms with E-state index in [1.54, 1.807) is 6.20 Å². The van der Waals surface area contributed by atoms with Crippen molar-refractivity contribution in [2.75, 3.05) is 0 Å². The molecule has 0 unspecified atom stereocenters. The van der Waals surface area contributed by atoms with Gasteiger partial charge in [-0.2, -0.15) is 0 Å². The summed E-state index contributed by atoms with van der Waals surface area (Å²) in [5.74, 6) is 0.669. The van der Waals surface area contributed by atoms with Crippen molar-refractivity contribution in [3.05, 3.63) is 29.1 Å². The molecule has 1 aliphatic carbocycles. The van der Waals surface area contributed by atoms with Crippen molar-refractivity contribution in [2.45, 2.75) is 45.1 Å². The first-order chi connectivity index (χ1) is 6.81. The number of nitrogens with zero attached hydrogens (tertiary/aromatic N) is 1. The van der Waals surface area contributed by atoms with Gasteiger partial charge < -0.3 is 5.11 Å². The fourth-order valence-corrected chi connectivity index (χ4v) is 2.36. The van der Waals surface area contributed by atoms with Gasteiger partial charge in [-0.3, -0.25) is 4.98 Å². The third-order valence-electron chi connectivity index (χ3n) is 3.10. The van der Waals surface area contributed by atoms with E-state index in [9.17, 15) is 0 Å². The van der Waals surface area contributed by atoms with Crippen LogP contribution in [0.1, 0.15) is 48.4 Å². The van der Waals surface area contributed by atoms with Gasteiger partial charge in [0, 0.05) is 17.8 Å². The highest BCUT2D eigenvalue weighted by molar-refractivity contribution is 5.26. The summed E-state index contributed by atoms with van der Waals surface area (Å²) in [5, 5.41) is 8.98. The van der Waals surface area contributed by atoms with Crippen LogP contribution in [0, 0.1) is 6.92 Å². The predicted molar refractivity (Wildman–Crippen MR) is 56.1 cm³/mol. The molecule has 1 N–H and O–H groups in total. The van der Waals surface area contributed by atoms with Crippen LogP contribution in [0.15, 0.2) is 12.3 Å². The van der Waals surface area contributed by atoms with Crippen LogP contribution in [0.2, 0.25) is 0 Å². The molecule has 2 nitrogen and oxygen atoms in total. The Hall–Kier alpha value is -0.890. The number of aromatic nitrogens is 1. The minimum atomic E-state index is 0.0960. The SMILES string of the molecule is Cc1cc(CO)cnc1C1CCCC1. The average molecular weight is 191 g/mol. The lowest BCUT2D eigenvalue weighted by Crippen LogP contribution is -2.01. The summed E-state index contributed by atoms with van der Waals surface area (Å²) in [6, 6.07) is 2.06. The van der Waals surface area contributed by atoms with Crippen LogP contribution in [-0.2, 0) is 6.61 Å². The Labute approximate surface area is 85.0 Å². The molecule has 1 aromatic heterocycles. The van der Waals surface area contributed by atoms with Gasteiger partial charge in [0.15, 0.2) is 0 Å². The molecule has 14 heavy (non-hydrogen) atoms. The number of aliphatic hydroxyl groups is 1. The van der Waals surface area contributed by atoms with Crippen LogP contribution in [0.3, 0.4) is 0 Å². The van der Waals surface area contributed by atoms with Gasteiger partial charge in [-0.05, 0) is 30.9 Å². The number of pyridine rings is 1. The van der Waals surface area contributed by atoms with E-state index < -0.39 is 0 Å².